The van der Waals surface area contributed by atoms with Crippen LogP contribution in [-0.2, 0) is 16.3 Å². The van der Waals surface area contributed by atoms with Crippen LogP contribution in [0.3, 0.4) is 0 Å². The van der Waals surface area contributed by atoms with E-state index in [2.05, 4.69) is 0 Å². The molecule has 2 aromatic carbocycles. The fourth-order valence-corrected chi connectivity index (χ4v) is 3.76. The first-order chi connectivity index (χ1) is 14.6. The van der Waals surface area contributed by atoms with Gasteiger partial charge >= 0.3 is 0 Å². The average molecular weight is 457 g/mol. The van der Waals surface area contributed by atoms with Crippen molar-refractivity contribution < 1.29 is 45.2 Å². The van der Waals surface area contributed by atoms with Crippen LogP contribution in [0.15, 0.2) is 42.5 Å². The first kappa shape index (κ1) is 23.9. The van der Waals surface area contributed by atoms with E-state index in [0.29, 0.717) is 12.4 Å². The second kappa shape index (κ2) is 8.99. The van der Waals surface area contributed by atoms with Crippen LogP contribution in [0.4, 0.5) is 0 Å². The minimum absolute atomic E-state index is 0.0517. The standard InChI is InChI=1S/C21H25ClO9/c1-2-30-13-6-3-11(4-7-13)20(27,28)14-9-12(5-8-15(14)22)21(29)19(26)18(25)17(24)16(10-23)31-21/h3-9,16-19,23-29H,2,10H2,1H3. The van der Waals surface area contributed by atoms with Gasteiger partial charge < -0.3 is 45.2 Å². The van der Waals surface area contributed by atoms with E-state index in [4.69, 9.17) is 21.1 Å². The molecule has 10 heteroatoms. The lowest BCUT2D eigenvalue weighted by Crippen LogP contribution is -2.63. The molecule has 0 bridgehead atoms. The van der Waals surface area contributed by atoms with Crippen LogP contribution in [0.1, 0.15) is 23.6 Å². The molecule has 170 valence electrons. The summed E-state index contributed by atoms with van der Waals surface area (Å²) in [4.78, 5) is 0. The monoisotopic (exact) mass is 456 g/mol. The Morgan fingerprint density at radius 3 is 2.29 bits per heavy atom. The number of benzene rings is 2. The summed E-state index contributed by atoms with van der Waals surface area (Å²) in [5.41, 5.74) is -0.362. The second-order valence-electron chi connectivity index (χ2n) is 7.29. The van der Waals surface area contributed by atoms with Gasteiger partial charge in [-0.25, -0.2) is 0 Å². The largest absolute Gasteiger partial charge is 0.494 e. The van der Waals surface area contributed by atoms with Crippen LogP contribution >= 0.6 is 11.6 Å². The summed E-state index contributed by atoms with van der Waals surface area (Å²) >= 11 is 6.18. The molecule has 1 aliphatic heterocycles. The molecule has 0 amide bonds. The van der Waals surface area contributed by atoms with Gasteiger partial charge in [-0.3, -0.25) is 0 Å². The van der Waals surface area contributed by atoms with Gasteiger partial charge in [-0.05, 0) is 43.3 Å². The highest BCUT2D eigenvalue weighted by atomic mass is 35.5. The van der Waals surface area contributed by atoms with Crippen molar-refractivity contribution in [1.29, 1.82) is 0 Å². The topological polar surface area (TPSA) is 160 Å². The van der Waals surface area contributed by atoms with Crippen LogP contribution in [-0.4, -0.2) is 73.4 Å². The van der Waals surface area contributed by atoms with E-state index in [1.54, 1.807) is 12.1 Å². The van der Waals surface area contributed by atoms with Crippen molar-refractivity contribution in [2.24, 2.45) is 0 Å². The van der Waals surface area contributed by atoms with Gasteiger partial charge in [0, 0.05) is 21.7 Å². The van der Waals surface area contributed by atoms with E-state index in [1.807, 2.05) is 6.92 Å². The fraction of sp³-hybridized carbons (Fsp3) is 0.429. The number of ether oxygens (including phenoxy) is 2. The number of aliphatic hydroxyl groups excluding tert-OH is 4. The van der Waals surface area contributed by atoms with Crippen LogP contribution in [0, 0.1) is 0 Å². The SMILES string of the molecule is CCOc1ccc(C(O)(O)c2cc(C3(O)OC(CO)C(O)C(O)C3O)ccc2Cl)cc1. The Morgan fingerprint density at radius 2 is 1.71 bits per heavy atom. The molecule has 0 aliphatic carbocycles. The Labute approximate surface area is 183 Å². The van der Waals surface area contributed by atoms with Crippen molar-refractivity contribution in [3.63, 3.8) is 0 Å². The van der Waals surface area contributed by atoms with Crippen molar-refractivity contribution in [3.8, 4) is 5.75 Å². The summed E-state index contributed by atoms with van der Waals surface area (Å²) in [6, 6.07) is 9.55. The van der Waals surface area contributed by atoms with Crippen molar-refractivity contribution >= 4 is 11.6 Å². The van der Waals surface area contributed by atoms with Crippen LogP contribution < -0.4 is 4.74 Å². The molecule has 7 N–H and O–H groups in total. The lowest BCUT2D eigenvalue weighted by Gasteiger charge is -2.45. The Kier molecular flexibility index (Phi) is 6.92. The average Bonchev–Trinajstić information content (AvgIpc) is 2.75. The maximum Gasteiger partial charge on any atom is 0.222 e. The van der Waals surface area contributed by atoms with E-state index in [-0.39, 0.29) is 21.7 Å². The number of hydrogen-bond acceptors (Lipinski definition) is 9. The summed E-state index contributed by atoms with van der Waals surface area (Å²) in [5.74, 6) is -4.64. The number of halogens is 1. The lowest BCUT2D eigenvalue weighted by atomic mass is 9.86. The van der Waals surface area contributed by atoms with E-state index >= 15 is 0 Å². The highest BCUT2D eigenvalue weighted by Crippen LogP contribution is 2.40. The van der Waals surface area contributed by atoms with Crippen molar-refractivity contribution in [3.05, 3.63) is 64.2 Å². The summed E-state index contributed by atoms with van der Waals surface area (Å²) in [6.45, 7) is 1.50. The smallest absolute Gasteiger partial charge is 0.222 e. The van der Waals surface area contributed by atoms with Crippen LogP contribution in [0.25, 0.3) is 0 Å². The summed E-state index contributed by atoms with van der Waals surface area (Å²) in [7, 11) is 0. The molecule has 1 saturated heterocycles. The van der Waals surface area contributed by atoms with Crippen molar-refractivity contribution in [2.75, 3.05) is 13.2 Å². The molecule has 2 aromatic rings. The zero-order valence-corrected chi connectivity index (χ0v) is 17.3. The quantitative estimate of drug-likeness (QED) is 0.285. The van der Waals surface area contributed by atoms with Gasteiger partial charge in [0.05, 0.1) is 13.2 Å². The van der Waals surface area contributed by atoms with Gasteiger partial charge in [-0.1, -0.05) is 17.7 Å². The third-order valence-electron chi connectivity index (χ3n) is 5.29. The summed E-state index contributed by atoms with van der Waals surface area (Å²) < 4.78 is 10.6. The van der Waals surface area contributed by atoms with Gasteiger partial charge in [0.25, 0.3) is 0 Å². The molecular formula is C21H25ClO9. The highest BCUT2D eigenvalue weighted by molar-refractivity contribution is 6.31. The Hall–Kier alpha value is -1.79. The lowest BCUT2D eigenvalue weighted by molar-refractivity contribution is -0.357. The van der Waals surface area contributed by atoms with Crippen molar-refractivity contribution in [2.45, 2.75) is 42.9 Å². The number of hydrogen-bond donors (Lipinski definition) is 7. The van der Waals surface area contributed by atoms with Crippen LogP contribution in [0.2, 0.25) is 5.02 Å². The van der Waals surface area contributed by atoms with Gasteiger partial charge in [-0.2, -0.15) is 0 Å². The summed E-state index contributed by atoms with van der Waals surface area (Å²) in [6.07, 6.45) is -6.89. The highest BCUT2D eigenvalue weighted by Gasteiger charge is 2.54. The Bertz CT molecular complexity index is 902. The molecule has 0 spiro atoms. The normalized spacial score (nSPS) is 29.1. The van der Waals surface area contributed by atoms with E-state index in [0.717, 1.165) is 6.07 Å². The zero-order chi connectivity index (χ0) is 23.0. The molecule has 0 radical (unpaired) electrons. The predicted octanol–water partition coefficient (Wildman–Crippen LogP) is -0.457. The molecule has 0 aromatic heterocycles. The molecule has 0 saturated carbocycles. The molecular weight excluding hydrogens is 432 g/mol. The maximum absolute atomic E-state index is 11.0. The second-order valence-corrected chi connectivity index (χ2v) is 7.69. The molecule has 5 unspecified atom stereocenters. The fourth-order valence-electron chi connectivity index (χ4n) is 3.51. The zero-order valence-electron chi connectivity index (χ0n) is 16.6. The summed E-state index contributed by atoms with van der Waals surface area (Å²) in [5, 5.41) is 72.3. The Balaban J connectivity index is 2.03. The van der Waals surface area contributed by atoms with Gasteiger partial charge in [0.15, 0.2) is 0 Å². The Morgan fingerprint density at radius 1 is 1.06 bits per heavy atom. The third-order valence-corrected chi connectivity index (χ3v) is 5.62. The minimum atomic E-state index is -2.59. The van der Waals surface area contributed by atoms with Crippen LogP contribution in [0.5, 0.6) is 5.75 Å². The molecule has 5 atom stereocenters. The third kappa shape index (κ3) is 4.29. The molecule has 31 heavy (non-hydrogen) atoms. The molecule has 1 heterocycles. The van der Waals surface area contributed by atoms with E-state index in [9.17, 15) is 35.7 Å². The molecule has 1 aliphatic rings. The van der Waals surface area contributed by atoms with E-state index < -0.39 is 42.6 Å². The van der Waals surface area contributed by atoms with E-state index in [1.165, 1.54) is 24.3 Å². The maximum atomic E-state index is 11.0. The number of rotatable bonds is 6. The molecule has 3 rings (SSSR count). The van der Waals surface area contributed by atoms with Gasteiger partial charge in [0.1, 0.15) is 30.2 Å². The molecule has 9 nitrogen and oxygen atoms in total. The molecule has 1 fully saturated rings. The first-order valence-corrected chi connectivity index (χ1v) is 9.97. The first-order valence-electron chi connectivity index (χ1n) is 9.60. The predicted molar refractivity (Wildman–Crippen MR) is 108 cm³/mol. The number of aliphatic hydroxyl groups is 7. The van der Waals surface area contributed by atoms with Crippen molar-refractivity contribution in [1.82, 2.24) is 0 Å². The van der Waals surface area contributed by atoms with Gasteiger partial charge in [0.2, 0.25) is 11.6 Å². The van der Waals surface area contributed by atoms with Gasteiger partial charge in [-0.15, -0.1) is 0 Å². The minimum Gasteiger partial charge on any atom is -0.494 e.